The molecule has 2 heterocycles. The summed E-state index contributed by atoms with van der Waals surface area (Å²) in [7, 11) is 0. The van der Waals surface area contributed by atoms with E-state index in [1.165, 1.54) is 10.7 Å². The number of carbonyl (C=O) groups excluding carboxylic acids is 1. The molecule has 5 nitrogen and oxygen atoms in total. The van der Waals surface area contributed by atoms with Crippen LogP contribution >= 0.6 is 23.2 Å². The minimum atomic E-state index is -0.486. The molecule has 0 amide bonds. The molecule has 0 fully saturated rings. The second-order valence-electron chi connectivity index (χ2n) is 3.94. The monoisotopic (exact) mass is 301 g/mol. The van der Waals surface area contributed by atoms with Crippen molar-refractivity contribution >= 4 is 34.8 Å². The first-order chi connectivity index (χ1) is 9.10. The van der Waals surface area contributed by atoms with Crippen LogP contribution in [0.5, 0.6) is 0 Å². The number of ether oxygens (including phenoxy) is 1. The molecule has 0 N–H and O–H groups in total. The van der Waals surface area contributed by atoms with E-state index in [1.807, 2.05) is 6.92 Å². The molecule has 0 aliphatic rings. The average Bonchev–Trinajstić information content (AvgIpc) is 2.78. The summed E-state index contributed by atoms with van der Waals surface area (Å²) in [5.74, 6) is -0.486. The molecule has 0 saturated heterocycles. The Hall–Kier alpha value is -1.33. The number of fused-ring (bicyclic) bond motifs is 1. The number of esters is 1. The third-order valence-corrected chi connectivity index (χ3v) is 3.33. The Balaban J connectivity index is 2.59. The van der Waals surface area contributed by atoms with Gasteiger partial charge in [0.1, 0.15) is 15.9 Å². The van der Waals surface area contributed by atoms with Crippen LogP contribution in [0.25, 0.3) is 5.65 Å². The first kappa shape index (κ1) is 14.1. The van der Waals surface area contributed by atoms with Crippen LogP contribution in [0.2, 0.25) is 10.3 Å². The van der Waals surface area contributed by atoms with E-state index in [2.05, 4.69) is 10.1 Å². The Labute approximate surface area is 120 Å². The molecular formula is C12H13Cl2N3O2. The number of carbonyl (C=O) groups is 1. The lowest BCUT2D eigenvalue weighted by atomic mass is 10.2. The molecule has 7 heteroatoms. The van der Waals surface area contributed by atoms with Gasteiger partial charge in [0.2, 0.25) is 0 Å². The average molecular weight is 302 g/mol. The highest BCUT2D eigenvalue weighted by Gasteiger charge is 2.20. The molecule has 2 aromatic heterocycles. The minimum absolute atomic E-state index is 0.258. The topological polar surface area (TPSA) is 56.5 Å². The Morgan fingerprint density at radius 2 is 2.16 bits per heavy atom. The molecule has 2 aromatic rings. The molecule has 19 heavy (non-hydrogen) atoms. The summed E-state index contributed by atoms with van der Waals surface area (Å²) in [4.78, 5) is 16.0. The number of halogens is 2. The fourth-order valence-corrected chi connectivity index (χ4v) is 2.40. The second-order valence-corrected chi connectivity index (χ2v) is 4.65. The van der Waals surface area contributed by atoms with Gasteiger partial charge in [0.15, 0.2) is 5.65 Å². The number of aromatic nitrogens is 3. The normalized spacial score (nSPS) is 10.9. The van der Waals surface area contributed by atoms with Crippen molar-refractivity contribution in [2.24, 2.45) is 0 Å². The van der Waals surface area contributed by atoms with Gasteiger partial charge in [-0.15, -0.1) is 0 Å². The van der Waals surface area contributed by atoms with Crippen LogP contribution < -0.4 is 0 Å². The largest absolute Gasteiger partial charge is 0.462 e. The molecule has 0 saturated carbocycles. The maximum Gasteiger partial charge on any atom is 0.343 e. The van der Waals surface area contributed by atoms with Crippen molar-refractivity contribution in [3.05, 3.63) is 27.6 Å². The maximum atomic E-state index is 11.8. The molecular weight excluding hydrogens is 289 g/mol. The first-order valence-electron chi connectivity index (χ1n) is 5.98. The lowest BCUT2D eigenvalue weighted by Crippen LogP contribution is -2.06. The summed E-state index contributed by atoms with van der Waals surface area (Å²) < 4.78 is 6.34. The molecule has 0 aliphatic heterocycles. The van der Waals surface area contributed by atoms with Crippen molar-refractivity contribution in [2.45, 2.75) is 26.7 Å². The van der Waals surface area contributed by atoms with E-state index in [4.69, 9.17) is 27.9 Å². The summed E-state index contributed by atoms with van der Waals surface area (Å²) in [6.07, 6.45) is 2.98. The van der Waals surface area contributed by atoms with E-state index in [0.717, 1.165) is 12.0 Å². The fourth-order valence-electron chi connectivity index (χ4n) is 1.78. The van der Waals surface area contributed by atoms with Gasteiger partial charge in [0.25, 0.3) is 0 Å². The van der Waals surface area contributed by atoms with E-state index < -0.39 is 5.97 Å². The van der Waals surface area contributed by atoms with E-state index in [9.17, 15) is 4.79 Å². The van der Waals surface area contributed by atoms with Crippen LogP contribution in [0, 0.1) is 0 Å². The standard InChI is InChI=1S/C12H13Cl2N3O2/c1-3-5-7-9(13)16-11-8(12(18)19-4-2)6-15-17(11)10(7)14/h6H,3-5H2,1-2H3. The zero-order valence-electron chi connectivity index (χ0n) is 10.6. The molecule has 0 spiro atoms. The summed E-state index contributed by atoms with van der Waals surface area (Å²) in [5.41, 5.74) is 1.30. The molecule has 0 unspecified atom stereocenters. The van der Waals surface area contributed by atoms with E-state index in [-0.39, 0.29) is 12.2 Å². The third kappa shape index (κ3) is 2.53. The van der Waals surface area contributed by atoms with Crippen molar-refractivity contribution in [2.75, 3.05) is 6.61 Å². The van der Waals surface area contributed by atoms with Crippen molar-refractivity contribution < 1.29 is 9.53 Å². The summed E-state index contributed by atoms with van der Waals surface area (Å²) >= 11 is 12.4. The Morgan fingerprint density at radius 1 is 1.42 bits per heavy atom. The lowest BCUT2D eigenvalue weighted by Gasteiger charge is -2.07. The molecule has 0 aliphatic carbocycles. The van der Waals surface area contributed by atoms with Crippen LogP contribution in [0.15, 0.2) is 6.20 Å². The van der Waals surface area contributed by atoms with E-state index in [1.54, 1.807) is 6.92 Å². The first-order valence-corrected chi connectivity index (χ1v) is 6.74. The highest BCUT2D eigenvalue weighted by atomic mass is 35.5. The van der Waals surface area contributed by atoms with Gasteiger partial charge in [0, 0.05) is 5.56 Å². The van der Waals surface area contributed by atoms with Crippen molar-refractivity contribution in [3.8, 4) is 0 Å². The predicted octanol–water partition coefficient (Wildman–Crippen LogP) is 3.17. The molecule has 0 bridgehead atoms. The minimum Gasteiger partial charge on any atom is -0.462 e. The number of hydrogen-bond donors (Lipinski definition) is 0. The van der Waals surface area contributed by atoms with Gasteiger partial charge < -0.3 is 4.74 Å². The maximum absolute atomic E-state index is 11.8. The Morgan fingerprint density at radius 3 is 2.79 bits per heavy atom. The predicted molar refractivity (Wildman–Crippen MR) is 73.0 cm³/mol. The number of hydrogen-bond acceptors (Lipinski definition) is 4. The van der Waals surface area contributed by atoms with Gasteiger partial charge in [-0.2, -0.15) is 5.10 Å². The SMILES string of the molecule is CCCc1c(Cl)nc2c(C(=O)OCC)cnn2c1Cl. The smallest absolute Gasteiger partial charge is 0.343 e. The quantitative estimate of drug-likeness (QED) is 0.643. The lowest BCUT2D eigenvalue weighted by molar-refractivity contribution is 0.0528. The van der Waals surface area contributed by atoms with Crippen molar-refractivity contribution in [3.63, 3.8) is 0 Å². The van der Waals surface area contributed by atoms with Crippen molar-refractivity contribution in [1.29, 1.82) is 0 Å². The van der Waals surface area contributed by atoms with Gasteiger partial charge in [-0.3, -0.25) is 0 Å². The van der Waals surface area contributed by atoms with Gasteiger partial charge in [-0.25, -0.2) is 14.3 Å². The van der Waals surface area contributed by atoms with Gasteiger partial charge in [0.05, 0.1) is 12.8 Å². The van der Waals surface area contributed by atoms with Crippen molar-refractivity contribution in [1.82, 2.24) is 14.6 Å². The van der Waals surface area contributed by atoms with Crippen LogP contribution in [0.3, 0.4) is 0 Å². The molecule has 102 valence electrons. The molecule has 2 rings (SSSR count). The number of rotatable bonds is 4. The summed E-state index contributed by atoms with van der Waals surface area (Å²) in [5, 5.41) is 4.75. The Kier molecular flexibility index (Phi) is 4.27. The van der Waals surface area contributed by atoms with Crippen LogP contribution in [0.1, 0.15) is 36.2 Å². The fraction of sp³-hybridized carbons (Fsp3) is 0.417. The zero-order chi connectivity index (χ0) is 14.0. The highest BCUT2D eigenvalue weighted by Crippen LogP contribution is 2.26. The Bertz CT molecular complexity index is 625. The molecule has 0 radical (unpaired) electrons. The van der Waals surface area contributed by atoms with Crippen LogP contribution in [0.4, 0.5) is 0 Å². The third-order valence-electron chi connectivity index (χ3n) is 2.63. The van der Waals surface area contributed by atoms with Gasteiger partial charge in [-0.1, -0.05) is 36.5 Å². The number of nitrogens with zero attached hydrogens (tertiary/aromatic N) is 3. The van der Waals surface area contributed by atoms with Gasteiger partial charge >= 0.3 is 5.97 Å². The van der Waals surface area contributed by atoms with Crippen LogP contribution in [-0.2, 0) is 11.2 Å². The summed E-state index contributed by atoms with van der Waals surface area (Å²) in [6.45, 7) is 4.03. The second kappa shape index (κ2) is 5.75. The highest BCUT2D eigenvalue weighted by molar-refractivity contribution is 6.35. The zero-order valence-corrected chi connectivity index (χ0v) is 12.1. The van der Waals surface area contributed by atoms with Gasteiger partial charge in [-0.05, 0) is 13.3 Å². The van der Waals surface area contributed by atoms with E-state index >= 15 is 0 Å². The molecule has 0 aromatic carbocycles. The van der Waals surface area contributed by atoms with Crippen LogP contribution in [-0.4, -0.2) is 27.2 Å². The van der Waals surface area contributed by atoms with E-state index in [0.29, 0.717) is 22.4 Å². The summed E-state index contributed by atoms with van der Waals surface area (Å²) in [6, 6.07) is 0. The molecule has 0 atom stereocenters.